The quantitative estimate of drug-likeness (QED) is 0.900. The molecule has 4 rings (SSSR count). The van der Waals surface area contributed by atoms with Gasteiger partial charge in [0.25, 0.3) is 0 Å². The number of anilines is 1. The molecular formula is C16H18FNO3. The molecule has 112 valence electrons. The van der Waals surface area contributed by atoms with E-state index < -0.39 is 17.8 Å². The van der Waals surface area contributed by atoms with Crippen LogP contribution < -0.4 is 5.32 Å². The largest absolute Gasteiger partial charge is 0.481 e. The van der Waals surface area contributed by atoms with Gasteiger partial charge in [0.2, 0.25) is 5.91 Å². The minimum absolute atomic E-state index is 0.108. The average Bonchev–Trinajstić information content (AvgIpc) is 2.49. The normalized spacial score (nSPS) is 30.9. The van der Waals surface area contributed by atoms with Crippen LogP contribution in [-0.4, -0.2) is 17.0 Å². The van der Waals surface area contributed by atoms with E-state index in [2.05, 4.69) is 5.32 Å². The molecule has 0 aromatic heterocycles. The van der Waals surface area contributed by atoms with Crippen molar-refractivity contribution in [1.82, 2.24) is 0 Å². The molecule has 0 spiro atoms. The lowest BCUT2D eigenvalue weighted by Gasteiger charge is -2.45. The van der Waals surface area contributed by atoms with Crippen molar-refractivity contribution in [2.45, 2.75) is 25.7 Å². The molecule has 0 unspecified atom stereocenters. The molecule has 0 radical (unpaired) electrons. The summed E-state index contributed by atoms with van der Waals surface area (Å²) in [6.45, 7) is 0. The first-order chi connectivity index (χ1) is 10.1. The highest BCUT2D eigenvalue weighted by Crippen LogP contribution is 2.49. The van der Waals surface area contributed by atoms with Crippen LogP contribution in [0.5, 0.6) is 0 Å². The monoisotopic (exact) mass is 291 g/mol. The van der Waals surface area contributed by atoms with E-state index in [-0.39, 0.29) is 23.6 Å². The number of halogens is 1. The summed E-state index contributed by atoms with van der Waals surface area (Å²) in [6.07, 6.45) is 3.66. The van der Waals surface area contributed by atoms with Crippen LogP contribution in [0.3, 0.4) is 0 Å². The summed E-state index contributed by atoms with van der Waals surface area (Å²) in [5.74, 6) is -2.29. The third-order valence-electron chi connectivity index (χ3n) is 4.92. The minimum atomic E-state index is -0.872. The fourth-order valence-corrected chi connectivity index (χ4v) is 3.94. The predicted molar refractivity (Wildman–Crippen MR) is 75.1 cm³/mol. The van der Waals surface area contributed by atoms with E-state index in [1.807, 2.05) is 0 Å². The van der Waals surface area contributed by atoms with Crippen LogP contribution in [-0.2, 0) is 9.59 Å². The molecule has 0 aliphatic heterocycles. The van der Waals surface area contributed by atoms with Gasteiger partial charge < -0.3 is 10.4 Å². The summed E-state index contributed by atoms with van der Waals surface area (Å²) in [7, 11) is 0. The number of hydrogen-bond acceptors (Lipinski definition) is 2. The lowest BCUT2D eigenvalue weighted by Crippen LogP contribution is -2.49. The van der Waals surface area contributed by atoms with Crippen LogP contribution in [0.2, 0.25) is 0 Å². The van der Waals surface area contributed by atoms with Crippen molar-refractivity contribution in [3.8, 4) is 0 Å². The molecule has 5 heteroatoms. The smallest absolute Gasteiger partial charge is 0.307 e. The van der Waals surface area contributed by atoms with E-state index in [1.54, 1.807) is 0 Å². The fraction of sp³-hybridized carbons (Fsp3) is 0.500. The van der Waals surface area contributed by atoms with Crippen molar-refractivity contribution in [3.63, 3.8) is 0 Å². The molecule has 4 nitrogen and oxygen atoms in total. The molecule has 3 aliphatic rings. The van der Waals surface area contributed by atoms with Gasteiger partial charge in [-0.1, -0.05) is 0 Å². The first-order valence-electron chi connectivity index (χ1n) is 7.35. The van der Waals surface area contributed by atoms with Crippen LogP contribution in [0.15, 0.2) is 24.3 Å². The van der Waals surface area contributed by atoms with Gasteiger partial charge in [-0.25, -0.2) is 4.39 Å². The maximum absolute atomic E-state index is 12.9. The molecule has 1 amide bonds. The topological polar surface area (TPSA) is 66.4 Å². The maximum Gasteiger partial charge on any atom is 0.307 e. The van der Waals surface area contributed by atoms with Gasteiger partial charge in [0.15, 0.2) is 0 Å². The van der Waals surface area contributed by atoms with Crippen molar-refractivity contribution in [3.05, 3.63) is 30.1 Å². The highest BCUT2D eigenvalue weighted by molar-refractivity contribution is 5.95. The van der Waals surface area contributed by atoms with E-state index in [4.69, 9.17) is 0 Å². The zero-order chi connectivity index (χ0) is 15.0. The SMILES string of the molecule is O=C(O)[C@H]1C2CCC(CC2)[C@@H]1C(=O)Nc1ccc(F)cc1. The molecule has 0 saturated heterocycles. The average molecular weight is 291 g/mol. The first kappa shape index (κ1) is 14.0. The van der Waals surface area contributed by atoms with Crippen molar-refractivity contribution in [2.75, 3.05) is 5.32 Å². The fourth-order valence-electron chi connectivity index (χ4n) is 3.94. The van der Waals surface area contributed by atoms with Gasteiger partial charge in [0.1, 0.15) is 5.82 Å². The van der Waals surface area contributed by atoms with Gasteiger partial charge in [-0.3, -0.25) is 9.59 Å². The van der Waals surface area contributed by atoms with E-state index >= 15 is 0 Å². The number of amides is 1. The van der Waals surface area contributed by atoms with E-state index in [9.17, 15) is 19.1 Å². The summed E-state index contributed by atoms with van der Waals surface area (Å²) >= 11 is 0. The Morgan fingerprint density at radius 2 is 1.52 bits per heavy atom. The molecular weight excluding hydrogens is 273 g/mol. The van der Waals surface area contributed by atoms with Crippen LogP contribution in [0, 0.1) is 29.5 Å². The molecule has 2 N–H and O–H groups in total. The number of rotatable bonds is 3. The number of nitrogens with one attached hydrogen (secondary N) is 1. The zero-order valence-corrected chi connectivity index (χ0v) is 11.6. The van der Waals surface area contributed by atoms with Crippen LogP contribution in [0.1, 0.15) is 25.7 Å². The number of carboxylic acid groups (broad SMARTS) is 1. The Bertz CT molecular complexity index is 549. The number of carboxylic acids is 1. The van der Waals surface area contributed by atoms with E-state index in [0.29, 0.717) is 5.69 Å². The lowest BCUT2D eigenvalue weighted by molar-refractivity contribution is -0.156. The standard InChI is InChI=1S/C16H18FNO3/c17-11-5-7-12(8-6-11)18-15(19)13-9-1-3-10(4-2-9)14(13)16(20)21/h5-10,13-14H,1-4H2,(H,18,19)(H,20,21)/t9?,10?,13-,14-/m0/s1. The van der Waals surface area contributed by atoms with Gasteiger partial charge >= 0.3 is 5.97 Å². The third-order valence-corrected chi connectivity index (χ3v) is 4.92. The zero-order valence-electron chi connectivity index (χ0n) is 11.6. The van der Waals surface area contributed by atoms with Crippen molar-refractivity contribution in [1.29, 1.82) is 0 Å². The summed E-state index contributed by atoms with van der Waals surface area (Å²) in [5, 5.41) is 12.2. The molecule has 2 atom stereocenters. The van der Waals surface area contributed by atoms with Crippen molar-refractivity contribution < 1.29 is 19.1 Å². The highest BCUT2D eigenvalue weighted by Gasteiger charge is 2.50. The van der Waals surface area contributed by atoms with Gasteiger partial charge in [-0.15, -0.1) is 0 Å². The lowest BCUT2D eigenvalue weighted by atomic mass is 9.58. The van der Waals surface area contributed by atoms with E-state index in [0.717, 1.165) is 25.7 Å². The molecule has 3 fully saturated rings. The number of fused-ring (bicyclic) bond motifs is 3. The molecule has 1 aromatic rings. The number of hydrogen-bond donors (Lipinski definition) is 2. The highest BCUT2D eigenvalue weighted by atomic mass is 19.1. The summed E-state index contributed by atoms with van der Waals surface area (Å²) in [5.41, 5.74) is 0.506. The number of carbonyl (C=O) groups is 2. The third kappa shape index (κ3) is 2.64. The van der Waals surface area contributed by atoms with Crippen molar-refractivity contribution >= 4 is 17.6 Å². The Balaban J connectivity index is 1.78. The number of aliphatic carboxylic acids is 1. The summed E-state index contributed by atoms with van der Waals surface area (Å²) < 4.78 is 12.9. The Morgan fingerprint density at radius 3 is 2.05 bits per heavy atom. The second kappa shape index (κ2) is 5.47. The summed E-state index contributed by atoms with van der Waals surface area (Å²) in [6, 6.07) is 5.53. The van der Waals surface area contributed by atoms with Crippen LogP contribution in [0.25, 0.3) is 0 Å². The maximum atomic E-state index is 12.9. The molecule has 3 saturated carbocycles. The predicted octanol–water partition coefficient (Wildman–Crippen LogP) is 2.90. The second-order valence-electron chi connectivity index (χ2n) is 6.06. The Kier molecular flexibility index (Phi) is 3.66. The molecule has 1 aromatic carbocycles. The van der Waals surface area contributed by atoms with Gasteiger partial charge in [-0.2, -0.15) is 0 Å². The molecule has 0 heterocycles. The Hall–Kier alpha value is -1.91. The second-order valence-corrected chi connectivity index (χ2v) is 6.06. The van der Waals surface area contributed by atoms with Crippen LogP contribution >= 0.6 is 0 Å². The van der Waals surface area contributed by atoms with Gasteiger partial charge in [0.05, 0.1) is 11.8 Å². The molecule has 21 heavy (non-hydrogen) atoms. The Morgan fingerprint density at radius 1 is 1.00 bits per heavy atom. The van der Waals surface area contributed by atoms with Gasteiger partial charge in [-0.05, 0) is 61.8 Å². The first-order valence-corrected chi connectivity index (χ1v) is 7.35. The Labute approximate surface area is 122 Å². The van der Waals surface area contributed by atoms with Gasteiger partial charge in [0, 0.05) is 5.69 Å². The number of benzene rings is 1. The molecule has 2 bridgehead atoms. The van der Waals surface area contributed by atoms with E-state index in [1.165, 1.54) is 24.3 Å². The summed E-state index contributed by atoms with van der Waals surface area (Å²) in [4.78, 5) is 24.0. The van der Waals surface area contributed by atoms with Crippen LogP contribution in [0.4, 0.5) is 10.1 Å². The van der Waals surface area contributed by atoms with Crippen molar-refractivity contribution in [2.24, 2.45) is 23.7 Å². The molecule has 3 aliphatic carbocycles. The minimum Gasteiger partial charge on any atom is -0.481 e. The number of carbonyl (C=O) groups excluding carboxylic acids is 1.